The van der Waals surface area contributed by atoms with E-state index in [0.29, 0.717) is 32.9 Å². The van der Waals surface area contributed by atoms with E-state index in [1.165, 1.54) is 30.3 Å². The molecule has 3 aromatic carbocycles. The molecule has 190 valence electrons. The minimum atomic E-state index is -0.496. The predicted octanol–water partition coefficient (Wildman–Crippen LogP) is 5.63. The molecule has 0 saturated heterocycles. The molecule has 0 saturated carbocycles. The number of carbonyl (C=O) groups excluding carboxylic acids is 2. The minimum absolute atomic E-state index is 0.0617. The van der Waals surface area contributed by atoms with Crippen LogP contribution in [0.3, 0.4) is 0 Å². The van der Waals surface area contributed by atoms with Gasteiger partial charge in [-0.15, -0.1) is 0 Å². The van der Waals surface area contributed by atoms with Crippen LogP contribution in [0.15, 0.2) is 72.3 Å². The summed E-state index contributed by atoms with van der Waals surface area (Å²) >= 11 is 2.04. The zero-order valence-electron chi connectivity index (χ0n) is 20.3. The molecule has 3 aromatic rings. The number of amides is 2. The Hall–Kier alpha value is -3.91. The fourth-order valence-electron chi connectivity index (χ4n) is 3.36. The van der Waals surface area contributed by atoms with Crippen molar-refractivity contribution in [1.82, 2.24) is 5.32 Å². The van der Waals surface area contributed by atoms with Gasteiger partial charge < -0.3 is 20.1 Å². The number of nitrogens with one attached hydrogen (secondary N) is 2. The van der Waals surface area contributed by atoms with Crippen LogP contribution in [-0.2, 0) is 9.59 Å². The van der Waals surface area contributed by atoms with Gasteiger partial charge in [0.25, 0.3) is 11.8 Å². The zero-order valence-corrected chi connectivity index (χ0v) is 22.4. The average Bonchev–Trinajstić information content (AvgIpc) is 2.88. The number of nitriles is 1. The molecule has 0 fully saturated rings. The summed E-state index contributed by atoms with van der Waals surface area (Å²) < 4.78 is 25.1. The van der Waals surface area contributed by atoms with Crippen molar-refractivity contribution in [3.8, 4) is 17.6 Å². The van der Waals surface area contributed by atoms with E-state index in [-0.39, 0.29) is 18.2 Å². The van der Waals surface area contributed by atoms with Crippen molar-refractivity contribution in [2.45, 2.75) is 19.9 Å². The highest BCUT2D eigenvalue weighted by atomic mass is 127. The molecule has 0 bridgehead atoms. The maximum atomic E-state index is 13.1. The lowest BCUT2D eigenvalue weighted by molar-refractivity contribution is -0.118. The Kier molecular flexibility index (Phi) is 10.0. The first-order chi connectivity index (χ1) is 17.8. The molecule has 0 unspecified atom stereocenters. The van der Waals surface area contributed by atoms with Gasteiger partial charge in [-0.1, -0.05) is 30.3 Å². The van der Waals surface area contributed by atoms with Gasteiger partial charge in [0, 0.05) is 5.69 Å². The second-order valence-corrected chi connectivity index (χ2v) is 9.04. The van der Waals surface area contributed by atoms with Gasteiger partial charge in [0.1, 0.15) is 17.5 Å². The highest BCUT2D eigenvalue weighted by molar-refractivity contribution is 14.1. The number of rotatable bonds is 10. The maximum Gasteiger partial charge on any atom is 0.262 e. The molecular formula is C28H25FIN3O4. The third-order valence-electron chi connectivity index (χ3n) is 5.13. The number of ether oxygens (including phenoxy) is 2. The fourth-order valence-corrected chi connectivity index (χ4v) is 4.14. The van der Waals surface area contributed by atoms with E-state index in [1.807, 2.05) is 65.9 Å². The average molecular weight is 613 g/mol. The zero-order chi connectivity index (χ0) is 26.8. The standard InChI is InChI=1S/C28H25FIN3O4/c1-3-36-25-15-19(13-21(16-31)28(35)32-18(2)20-7-5-4-6-8-20)14-24(30)27(25)37-17-26(34)33-23-11-9-22(29)10-12-23/h4-15,18H,3,17H2,1-2H3,(H,32,35)(H,33,34)/b21-13-/t18-/m0/s1. The van der Waals surface area contributed by atoms with E-state index in [4.69, 9.17) is 9.47 Å². The van der Waals surface area contributed by atoms with Crippen LogP contribution in [-0.4, -0.2) is 25.0 Å². The Balaban J connectivity index is 1.74. The lowest BCUT2D eigenvalue weighted by Gasteiger charge is -2.15. The fraction of sp³-hybridized carbons (Fsp3) is 0.179. The number of anilines is 1. The Morgan fingerprint density at radius 2 is 1.81 bits per heavy atom. The number of halogens is 2. The molecular weight excluding hydrogens is 588 g/mol. The Morgan fingerprint density at radius 3 is 2.46 bits per heavy atom. The number of nitrogens with zero attached hydrogens (tertiary/aromatic N) is 1. The van der Waals surface area contributed by atoms with E-state index in [1.54, 1.807) is 19.1 Å². The maximum absolute atomic E-state index is 13.1. The molecule has 0 spiro atoms. The monoisotopic (exact) mass is 613 g/mol. The van der Waals surface area contributed by atoms with Gasteiger partial charge in [-0.2, -0.15) is 5.26 Å². The van der Waals surface area contributed by atoms with E-state index in [2.05, 4.69) is 10.6 Å². The summed E-state index contributed by atoms with van der Waals surface area (Å²) in [6.07, 6.45) is 1.47. The summed E-state index contributed by atoms with van der Waals surface area (Å²) in [6, 6.07) is 19.9. The van der Waals surface area contributed by atoms with Crippen molar-refractivity contribution in [1.29, 1.82) is 5.26 Å². The summed E-state index contributed by atoms with van der Waals surface area (Å²) in [5.74, 6) is -0.600. The first kappa shape index (κ1) is 27.7. The van der Waals surface area contributed by atoms with Crippen molar-refractivity contribution in [3.05, 3.63) is 92.8 Å². The Labute approximate surface area is 228 Å². The van der Waals surface area contributed by atoms with Crippen molar-refractivity contribution in [2.75, 3.05) is 18.5 Å². The molecule has 0 aromatic heterocycles. The van der Waals surface area contributed by atoms with Gasteiger partial charge in [0.05, 0.1) is 16.2 Å². The molecule has 1 atom stereocenters. The molecule has 0 aliphatic carbocycles. The van der Waals surface area contributed by atoms with Crippen LogP contribution in [0.4, 0.5) is 10.1 Å². The van der Waals surface area contributed by atoms with Gasteiger partial charge in [-0.3, -0.25) is 9.59 Å². The second kappa shape index (κ2) is 13.4. The summed E-state index contributed by atoms with van der Waals surface area (Å²) in [5.41, 5.74) is 1.87. The second-order valence-electron chi connectivity index (χ2n) is 7.88. The summed E-state index contributed by atoms with van der Waals surface area (Å²) in [5, 5.41) is 15.1. The van der Waals surface area contributed by atoms with E-state index in [9.17, 15) is 19.2 Å². The molecule has 0 radical (unpaired) electrons. The first-order valence-electron chi connectivity index (χ1n) is 11.4. The van der Waals surface area contributed by atoms with E-state index in [0.717, 1.165) is 5.56 Å². The van der Waals surface area contributed by atoms with Gasteiger partial charge in [0.15, 0.2) is 18.1 Å². The van der Waals surface area contributed by atoms with Gasteiger partial charge >= 0.3 is 0 Å². The van der Waals surface area contributed by atoms with Crippen LogP contribution in [0.25, 0.3) is 6.08 Å². The number of hydrogen-bond donors (Lipinski definition) is 2. The minimum Gasteiger partial charge on any atom is -0.490 e. The summed E-state index contributed by atoms with van der Waals surface area (Å²) in [7, 11) is 0. The van der Waals surface area contributed by atoms with Crippen molar-refractivity contribution in [3.63, 3.8) is 0 Å². The number of benzene rings is 3. The highest BCUT2D eigenvalue weighted by Crippen LogP contribution is 2.35. The van der Waals surface area contributed by atoms with Crippen LogP contribution >= 0.6 is 22.6 Å². The molecule has 3 rings (SSSR count). The van der Waals surface area contributed by atoms with Gasteiger partial charge in [-0.25, -0.2) is 4.39 Å². The van der Waals surface area contributed by atoms with Gasteiger partial charge in [0.2, 0.25) is 0 Å². The molecule has 7 nitrogen and oxygen atoms in total. The Bertz CT molecular complexity index is 1320. The third-order valence-corrected chi connectivity index (χ3v) is 5.93. The lowest BCUT2D eigenvalue weighted by atomic mass is 10.1. The molecule has 2 amide bonds. The first-order valence-corrected chi connectivity index (χ1v) is 12.5. The third kappa shape index (κ3) is 8.05. The van der Waals surface area contributed by atoms with Crippen LogP contribution in [0.5, 0.6) is 11.5 Å². The van der Waals surface area contributed by atoms with Crippen molar-refractivity contribution < 1.29 is 23.5 Å². The molecule has 9 heteroatoms. The predicted molar refractivity (Wildman–Crippen MR) is 147 cm³/mol. The smallest absolute Gasteiger partial charge is 0.262 e. The number of carbonyl (C=O) groups is 2. The molecule has 0 aliphatic rings. The van der Waals surface area contributed by atoms with Crippen LogP contribution in [0.1, 0.15) is 31.0 Å². The summed E-state index contributed by atoms with van der Waals surface area (Å²) in [6.45, 7) is 3.68. The number of hydrogen-bond acceptors (Lipinski definition) is 5. The molecule has 0 heterocycles. The van der Waals surface area contributed by atoms with E-state index < -0.39 is 17.6 Å². The normalized spacial score (nSPS) is 11.7. The molecule has 37 heavy (non-hydrogen) atoms. The van der Waals surface area contributed by atoms with E-state index >= 15 is 0 Å². The SMILES string of the molecule is CCOc1cc(/C=C(/C#N)C(=O)N[C@@H](C)c2ccccc2)cc(I)c1OCC(=O)Nc1ccc(F)cc1. The topological polar surface area (TPSA) is 100 Å². The van der Waals surface area contributed by atoms with Crippen LogP contribution in [0.2, 0.25) is 0 Å². The van der Waals surface area contributed by atoms with Crippen molar-refractivity contribution >= 4 is 46.2 Å². The van der Waals surface area contributed by atoms with Crippen molar-refractivity contribution in [2.24, 2.45) is 0 Å². The highest BCUT2D eigenvalue weighted by Gasteiger charge is 2.17. The van der Waals surface area contributed by atoms with Crippen LogP contribution < -0.4 is 20.1 Å². The quantitative estimate of drug-likeness (QED) is 0.176. The lowest BCUT2D eigenvalue weighted by Crippen LogP contribution is -2.27. The largest absolute Gasteiger partial charge is 0.490 e. The molecule has 2 N–H and O–H groups in total. The summed E-state index contributed by atoms with van der Waals surface area (Å²) in [4.78, 5) is 25.1. The molecule has 0 aliphatic heterocycles. The Morgan fingerprint density at radius 1 is 1.11 bits per heavy atom. The van der Waals surface area contributed by atoms with Gasteiger partial charge in [-0.05, 0) is 90.0 Å². The van der Waals surface area contributed by atoms with Crippen LogP contribution in [0, 0.1) is 20.7 Å².